The second kappa shape index (κ2) is 5.81. The highest BCUT2D eigenvalue weighted by Gasteiger charge is 2.32. The van der Waals surface area contributed by atoms with Crippen LogP contribution >= 0.6 is 0 Å². The molecule has 1 fully saturated rings. The molecule has 0 bridgehead atoms. The van der Waals surface area contributed by atoms with Gasteiger partial charge in [0.15, 0.2) is 0 Å². The van der Waals surface area contributed by atoms with Crippen LogP contribution in [0.5, 0.6) is 0 Å². The first-order chi connectivity index (χ1) is 9.32. The number of sulfonamides is 1. The number of nitrogens with two attached hydrogens (primary N) is 1. The maximum absolute atomic E-state index is 12.5. The molecule has 1 aromatic rings. The molecule has 0 aliphatic carbocycles. The van der Waals surface area contributed by atoms with Gasteiger partial charge in [-0.3, -0.25) is 0 Å². The Hall–Kier alpha value is -0.950. The van der Waals surface area contributed by atoms with Crippen molar-refractivity contribution in [1.82, 2.24) is 4.72 Å². The first kappa shape index (κ1) is 15.4. The lowest BCUT2D eigenvalue weighted by molar-refractivity contribution is 0.0386. The van der Waals surface area contributed by atoms with E-state index in [9.17, 15) is 8.42 Å². The van der Waals surface area contributed by atoms with Crippen LogP contribution in [0, 0.1) is 0 Å². The zero-order valence-corrected chi connectivity index (χ0v) is 12.7. The van der Waals surface area contributed by atoms with Crippen molar-refractivity contribution in [3.05, 3.63) is 29.8 Å². The molecule has 5 nitrogen and oxygen atoms in total. The van der Waals surface area contributed by atoms with Crippen molar-refractivity contribution in [1.29, 1.82) is 0 Å². The van der Waals surface area contributed by atoms with Crippen molar-refractivity contribution in [2.75, 3.05) is 13.2 Å². The van der Waals surface area contributed by atoms with Crippen LogP contribution < -0.4 is 10.5 Å². The van der Waals surface area contributed by atoms with Gasteiger partial charge >= 0.3 is 0 Å². The summed E-state index contributed by atoms with van der Waals surface area (Å²) >= 11 is 0. The van der Waals surface area contributed by atoms with Crippen LogP contribution in [0.15, 0.2) is 29.2 Å². The minimum absolute atomic E-state index is 0.196. The molecule has 6 heteroatoms. The van der Waals surface area contributed by atoms with Crippen LogP contribution in [-0.4, -0.2) is 27.2 Å². The maximum Gasteiger partial charge on any atom is 0.241 e. The zero-order valence-electron chi connectivity index (χ0n) is 11.9. The first-order valence-electron chi connectivity index (χ1n) is 6.80. The van der Waals surface area contributed by atoms with E-state index >= 15 is 0 Å². The Morgan fingerprint density at radius 1 is 1.45 bits per heavy atom. The third-order valence-corrected chi connectivity index (χ3v) is 5.15. The van der Waals surface area contributed by atoms with Crippen molar-refractivity contribution < 1.29 is 13.2 Å². The lowest BCUT2D eigenvalue weighted by Crippen LogP contribution is -2.51. The molecule has 2 atom stereocenters. The van der Waals surface area contributed by atoms with E-state index in [4.69, 9.17) is 10.5 Å². The van der Waals surface area contributed by atoms with Gasteiger partial charge in [0.05, 0.1) is 17.0 Å². The standard InChI is InChI=1S/C14H22N2O3S/c1-11(15)12-5-3-6-13(9-12)20(17,18)16-14(2)7-4-8-19-10-14/h3,5-6,9,11,16H,4,7-8,10,15H2,1-2H3. The van der Waals surface area contributed by atoms with Gasteiger partial charge in [-0.1, -0.05) is 12.1 Å². The number of ether oxygens (including phenoxy) is 1. The van der Waals surface area contributed by atoms with Crippen molar-refractivity contribution >= 4 is 10.0 Å². The van der Waals surface area contributed by atoms with Gasteiger partial charge in [0.1, 0.15) is 0 Å². The largest absolute Gasteiger partial charge is 0.380 e. The molecule has 0 radical (unpaired) electrons. The predicted octanol–water partition coefficient (Wildman–Crippen LogP) is 1.55. The highest BCUT2D eigenvalue weighted by molar-refractivity contribution is 7.89. The Morgan fingerprint density at radius 2 is 2.20 bits per heavy atom. The van der Waals surface area contributed by atoms with E-state index in [2.05, 4.69) is 4.72 Å². The summed E-state index contributed by atoms with van der Waals surface area (Å²) in [5.74, 6) is 0. The smallest absolute Gasteiger partial charge is 0.241 e. The van der Waals surface area contributed by atoms with E-state index in [1.54, 1.807) is 18.2 Å². The molecule has 1 heterocycles. The van der Waals surface area contributed by atoms with Gasteiger partial charge in [-0.05, 0) is 44.4 Å². The van der Waals surface area contributed by atoms with Crippen LogP contribution in [0.25, 0.3) is 0 Å². The average molecular weight is 298 g/mol. The number of nitrogens with one attached hydrogen (secondary N) is 1. The number of hydrogen-bond donors (Lipinski definition) is 2. The third kappa shape index (κ3) is 3.58. The maximum atomic E-state index is 12.5. The third-order valence-electron chi connectivity index (χ3n) is 3.51. The molecule has 0 aromatic heterocycles. The molecule has 0 amide bonds. The van der Waals surface area contributed by atoms with Crippen LogP contribution in [-0.2, 0) is 14.8 Å². The summed E-state index contributed by atoms with van der Waals surface area (Å²) in [5, 5.41) is 0. The SMILES string of the molecule is CC(N)c1cccc(S(=O)(=O)NC2(C)CCCOC2)c1. The average Bonchev–Trinajstić information content (AvgIpc) is 2.38. The molecular weight excluding hydrogens is 276 g/mol. The highest BCUT2D eigenvalue weighted by Crippen LogP contribution is 2.23. The quantitative estimate of drug-likeness (QED) is 0.883. The zero-order chi connectivity index (χ0) is 14.8. The van der Waals surface area contributed by atoms with E-state index in [1.807, 2.05) is 19.9 Å². The Morgan fingerprint density at radius 3 is 2.80 bits per heavy atom. The van der Waals surface area contributed by atoms with E-state index in [0.29, 0.717) is 13.2 Å². The molecule has 1 aliphatic heterocycles. The molecule has 3 N–H and O–H groups in total. The normalized spacial score (nSPS) is 25.4. The van der Waals surface area contributed by atoms with Crippen molar-refractivity contribution in [3.8, 4) is 0 Å². The fraction of sp³-hybridized carbons (Fsp3) is 0.571. The lowest BCUT2D eigenvalue weighted by Gasteiger charge is -2.33. The molecule has 0 spiro atoms. The highest BCUT2D eigenvalue weighted by atomic mass is 32.2. The van der Waals surface area contributed by atoms with Gasteiger partial charge in [0.2, 0.25) is 10.0 Å². The Balaban J connectivity index is 2.24. The lowest BCUT2D eigenvalue weighted by atomic mass is 9.97. The van der Waals surface area contributed by atoms with Gasteiger partial charge in [-0.2, -0.15) is 0 Å². The fourth-order valence-electron chi connectivity index (χ4n) is 2.36. The summed E-state index contributed by atoms with van der Waals surface area (Å²) in [7, 11) is -3.56. The fourth-order valence-corrected chi connectivity index (χ4v) is 3.84. The van der Waals surface area contributed by atoms with Crippen LogP contribution in [0.4, 0.5) is 0 Å². The summed E-state index contributed by atoms with van der Waals surface area (Å²) in [4.78, 5) is 0.249. The second-order valence-corrected chi connectivity index (χ2v) is 7.37. The number of hydrogen-bond acceptors (Lipinski definition) is 4. The van der Waals surface area contributed by atoms with Crippen LogP contribution in [0.3, 0.4) is 0 Å². The van der Waals surface area contributed by atoms with E-state index in [-0.39, 0.29) is 10.9 Å². The molecule has 2 unspecified atom stereocenters. The summed E-state index contributed by atoms with van der Waals surface area (Å²) < 4.78 is 33.1. The molecule has 112 valence electrons. The minimum atomic E-state index is -3.56. The molecule has 20 heavy (non-hydrogen) atoms. The summed E-state index contributed by atoms with van der Waals surface area (Å²) in [5.41, 5.74) is 6.06. The Bertz CT molecular complexity index is 564. The number of benzene rings is 1. The van der Waals surface area contributed by atoms with Crippen molar-refractivity contribution in [2.45, 2.75) is 43.2 Å². The molecule has 0 saturated carbocycles. The van der Waals surface area contributed by atoms with Crippen molar-refractivity contribution in [2.24, 2.45) is 5.73 Å². The molecule has 1 aliphatic rings. The molecule has 1 saturated heterocycles. The molecule has 1 aromatic carbocycles. The Labute approximate surface area is 120 Å². The minimum Gasteiger partial charge on any atom is -0.380 e. The van der Waals surface area contributed by atoms with Gasteiger partial charge in [-0.15, -0.1) is 0 Å². The van der Waals surface area contributed by atoms with E-state index in [1.165, 1.54) is 0 Å². The van der Waals surface area contributed by atoms with Gasteiger partial charge in [0.25, 0.3) is 0 Å². The van der Waals surface area contributed by atoms with Crippen LogP contribution in [0.2, 0.25) is 0 Å². The second-order valence-electron chi connectivity index (χ2n) is 5.68. The van der Waals surface area contributed by atoms with Crippen molar-refractivity contribution in [3.63, 3.8) is 0 Å². The van der Waals surface area contributed by atoms with E-state index in [0.717, 1.165) is 18.4 Å². The molecular formula is C14H22N2O3S. The molecule has 2 rings (SSSR count). The first-order valence-corrected chi connectivity index (χ1v) is 8.28. The topological polar surface area (TPSA) is 81.4 Å². The summed E-state index contributed by atoms with van der Waals surface area (Å²) in [6.45, 7) is 4.80. The van der Waals surface area contributed by atoms with Crippen LogP contribution in [0.1, 0.15) is 38.3 Å². The Kier molecular flexibility index (Phi) is 4.49. The monoisotopic (exact) mass is 298 g/mol. The van der Waals surface area contributed by atoms with E-state index < -0.39 is 15.6 Å². The van der Waals surface area contributed by atoms with Gasteiger partial charge in [-0.25, -0.2) is 13.1 Å². The van der Waals surface area contributed by atoms with Gasteiger partial charge < -0.3 is 10.5 Å². The summed E-state index contributed by atoms with van der Waals surface area (Å²) in [6, 6.07) is 6.56. The van der Waals surface area contributed by atoms with Gasteiger partial charge in [0, 0.05) is 12.6 Å². The number of rotatable bonds is 4. The summed E-state index contributed by atoms with van der Waals surface area (Å²) in [6.07, 6.45) is 1.64. The predicted molar refractivity (Wildman–Crippen MR) is 77.8 cm³/mol.